The number of nitrogens with one attached hydrogen (secondary N) is 1. The Morgan fingerprint density at radius 1 is 1.52 bits per heavy atom. The molecule has 0 spiro atoms. The Hall–Kier alpha value is -0.630. The van der Waals surface area contributed by atoms with Crippen molar-refractivity contribution in [3.8, 4) is 0 Å². The second kappa shape index (κ2) is 8.12. The number of rotatable bonds is 9. The average molecular weight is 338 g/mol. The Bertz CT molecular complexity index is 545. The molecule has 0 aliphatic heterocycles. The number of hydrogen-bond donors (Lipinski definition) is 1. The average Bonchev–Trinajstić information content (AvgIpc) is 2.77. The fourth-order valence-corrected chi connectivity index (χ4v) is 3.05. The molecule has 0 radical (unpaired) electrons. The third-order valence-corrected chi connectivity index (χ3v) is 5.31. The minimum Gasteiger partial charge on any atom is -0.383 e. The monoisotopic (exact) mass is 337 g/mol. The number of methoxy groups -OCH3 is 1. The Balaban J connectivity index is 3.16. The summed E-state index contributed by atoms with van der Waals surface area (Å²) < 4.78 is 30.6. The first-order valence-electron chi connectivity index (χ1n) is 6.95. The van der Waals surface area contributed by atoms with E-state index in [4.69, 9.17) is 16.3 Å². The van der Waals surface area contributed by atoms with Crippen LogP contribution in [-0.4, -0.2) is 50.0 Å². The summed E-state index contributed by atoms with van der Waals surface area (Å²) in [5.74, 6) is 0. The van der Waals surface area contributed by atoms with Gasteiger partial charge in [-0.3, -0.25) is 4.68 Å². The molecule has 8 heteroatoms. The summed E-state index contributed by atoms with van der Waals surface area (Å²) in [7, 11) is -1.60. The molecule has 1 aromatic heterocycles. The molecule has 0 saturated carbocycles. The molecule has 6 nitrogen and oxygen atoms in total. The molecule has 0 bridgehead atoms. The number of sulfone groups is 1. The number of hydrogen-bond acceptors (Lipinski definition) is 5. The van der Waals surface area contributed by atoms with Crippen LogP contribution in [0.4, 0.5) is 0 Å². The zero-order chi connectivity index (χ0) is 16.0. The fraction of sp³-hybridized carbons (Fsp3) is 0.769. The van der Waals surface area contributed by atoms with E-state index in [1.54, 1.807) is 24.9 Å². The summed E-state index contributed by atoms with van der Waals surface area (Å²) in [6.45, 7) is 5.43. The van der Waals surface area contributed by atoms with Crippen LogP contribution in [0.5, 0.6) is 0 Å². The lowest BCUT2D eigenvalue weighted by Gasteiger charge is -2.25. The summed E-state index contributed by atoms with van der Waals surface area (Å²) in [6, 6.07) is -0.396. The van der Waals surface area contributed by atoms with Crippen LogP contribution in [0.1, 0.15) is 32.0 Å². The van der Waals surface area contributed by atoms with Gasteiger partial charge in [0.2, 0.25) is 0 Å². The summed E-state index contributed by atoms with van der Waals surface area (Å²) in [6.07, 6.45) is 3.68. The molecule has 0 aliphatic rings. The van der Waals surface area contributed by atoms with E-state index in [-0.39, 0.29) is 0 Å². The van der Waals surface area contributed by atoms with Gasteiger partial charge in [0.25, 0.3) is 0 Å². The Morgan fingerprint density at radius 2 is 2.19 bits per heavy atom. The van der Waals surface area contributed by atoms with Gasteiger partial charge in [0.1, 0.15) is 0 Å². The molecule has 2 unspecified atom stereocenters. The van der Waals surface area contributed by atoms with Gasteiger partial charge in [0, 0.05) is 13.4 Å². The third-order valence-electron chi connectivity index (χ3n) is 3.39. The maximum atomic E-state index is 11.9. The molecule has 0 aliphatic carbocycles. The topological polar surface area (TPSA) is 73.2 Å². The van der Waals surface area contributed by atoms with Gasteiger partial charge in [-0.25, -0.2) is 8.42 Å². The van der Waals surface area contributed by atoms with Crippen LogP contribution in [0.25, 0.3) is 0 Å². The molecule has 1 heterocycles. The van der Waals surface area contributed by atoms with E-state index >= 15 is 0 Å². The molecule has 0 amide bonds. The molecule has 0 fully saturated rings. The smallest absolute Gasteiger partial charge is 0.151 e. The second-order valence-electron chi connectivity index (χ2n) is 5.06. The SMILES string of the molecule is CCCNC(c1c(Cl)cnn1CCOC)C(C)S(C)(=O)=O. The number of nitrogens with zero attached hydrogens (tertiary/aromatic N) is 2. The van der Waals surface area contributed by atoms with E-state index < -0.39 is 21.1 Å². The van der Waals surface area contributed by atoms with E-state index in [1.165, 1.54) is 6.26 Å². The van der Waals surface area contributed by atoms with E-state index in [2.05, 4.69) is 10.4 Å². The first-order valence-corrected chi connectivity index (χ1v) is 9.28. The van der Waals surface area contributed by atoms with Gasteiger partial charge in [-0.15, -0.1) is 0 Å². The molecular formula is C13H24ClN3O3S. The molecule has 1 N–H and O–H groups in total. The normalized spacial score (nSPS) is 15.1. The summed E-state index contributed by atoms with van der Waals surface area (Å²) in [5.41, 5.74) is 0.695. The lowest BCUT2D eigenvalue weighted by atomic mass is 10.1. The van der Waals surface area contributed by atoms with Crippen molar-refractivity contribution in [2.24, 2.45) is 0 Å². The van der Waals surface area contributed by atoms with E-state index in [9.17, 15) is 8.42 Å². The van der Waals surface area contributed by atoms with Crippen LogP contribution >= 0.6 is 11.6 Å². The van der Waals surface area contributed by atoms with Crippen molar-refractivity contribution in [3.05, 3.63) is 16.9 Å². The molecule has 1 rings (SSSR count). The largest absolute Gasteiger partial charge is 0.383 e. The number of halogens is 1. The van der Waals surface area contributed by atoms with Crippen molar-refractivity contribution >= 4 is 21.4 Å². The highest BCUT2D eigenvalue weighted by atomic mass is 35.5. The first kappa shape index (κ1) is 18.4. The van der Waals surface area contributed by atoms with Crippen LogP contribution in [0, 0.1) is 0 Å². The quantitative estimate of drug-likeness (QED) is 0.741. The number of aromatic nitrogens is 2. The minimum atomic E-state index is -3.21. The van der Waals surface area contributed by atoms with Crippen LogP contribution in [-0.2, 0) is 21.1 Å². The van der Waals surface area contributed by atoms with Crippen LogP contribution in [0.2, 0.25) is 5.02 Å². The number of ether oxygens (including phenoxy) is 1. The van der Waals surface area contributed by atoms with E-state index in [0.29, 0.717) is 30.4 Å². The highest BCUT2D eigenvalue weighted by Gasteiger charge is 2.31. The highest BCUT2D eigenvalue weighted by Crippen LogP contribution is 2.28. The summed E-state index contributed by atoms with van der Waals surface area (Å²) in [4.78, 5) is 0. The van der Waals surface area contributed by atoms with Gasteiger partial charge in [0.05, 0.1) is 41.4 Å². The van der Waals surface area contributed by atoms with E-state index in [0.717, 1.165) is 6.42 Å². The molecule has 2 atom stereocenters. The Kier molecular flexibility index (Phi) is 7.12. The lowest BCUT2D eigenvalue weighted by Crippen LogP contribution is -2.37. The standard InChI is InChI=1S/C13H24ClN3O3S/c1-5-6-15-12(10(2)21(4,18)19)13-11(14)9-16-17(13)7-8-20-3/h9-10,12,15H,5-8H2,1-4H3. The van der Waals surface area contributed by atoms with Crippen LogP contribution < -0.4 is 5.32 Å². The second-order valence-corrected chi connectivity index (χ2v) is 7.87. The molecular weight excluding hydrogens is 314 g/mol. The van der Waals surface area contributed by atoms with Crippen molar-refractivity contribution in [1.82, 2.24) is 15.1 Å². The van der Waals surface area contributed by atoms with Gasteiger partial charge in [-0.2, -0.15) is 5.10 Å². The first-order chi connectivity index (χ1) is 9.82. The highest BCUT2D eigenvalue weighted by molar-refractivity contribution is 7.91. The molecule has 122 valence electrons. The molecule has 21 heavy (non-hydrogen) atoms. The Labute approximate surface area is 131 Å². The lowest BCUT2D eigenvalue weighted by molar-refractivity contribution is 0.181. The van der Waals surface area contributed by atoms with Crippen LogP contribution in [0.15, 0.2) is 6.20 Å². The maximum absolute atomic E-state index is 11.9. The van der Waals surface area contributed by atoms with Crippen molar-refractivity contribution in [2.75, 3.05) is 26.5 Å². The summed E-state index contributed by atoms with van der Waals surface area (Å²) >= 11 is 6.23. The maximum Gasteiger partial charge on any atom is 0.151 e. The third kappa shape index (κ3) is 4.95. The molecule has 0 aromatic carbocycles. The van der Waals surface area contributed by atoms with E-state index in [1.807, 2.05) is 6.92 Å². The van der Waals surface area contributed by atoms with Gasteiger partial charge in [-0.05, 0) is 19.9 Å². The predicted molar refractivity (Wildman–Crippen MR) is 84.5 cm³/mol. The van der Waals surface area contributed by atoms with Gasteiger partial charge in [-0.1, -0.05) is 18.5 Å². The zero-order valence-electron chi connectivity index (χ0n) is 13.0. The fourth-order valence-electron chi connectivity index (χ4n) is 2.07. The van der Waals surface area contributed by atoms with Crippen LogP contribution in [0.3, 0.4) is 0 Å². The van der Waals surface area contributed by atoms with Crippen molar-refractivity contribution in [2.45, 2.75) is 38.1 Å². The minimum absolute atomic E-state index is 0.396. The van der Waals surface area contributed by atoms with Crippen molar-refractivity contribution in [1.29, 1.82) is 0 Å². The van der Waals surface area contributed by atoms with Gasteiger partial charge in [0.15, 0.2) is 9.84 Å². The zero-order valence-corrected chi connectivity index (χ0v) is 14.5. The summed E-state index contributed by atoms with van der Waals surface area (Å²) in [5, 5.41) is 7.36. The Morgan fingerprint density at radius 3 is 2.71 bits per heavy atom. The van der Waals surface area contributed by atoms with Gasteiger partial charge >= 0.3 is 0 Å². The molecule has 0 saturated heterocycles. The molecule has 1 aromatic rings. The van der Waals surface area contributed by atoms with Crippen molar-refractivity contribution < 1.29 is 13.2 Å². The van der Waals surface area contributed by atoms with Crippen molar-refractivity contribution in [3.63, 3.8) is 0 Å². The predicted octanol–water partition coefficient (Wildman–Crippen LogP) is 1.66. The van der Waals surface area contributed by atoms with Gasteiger partial charge < -0.3 is 10.1 Å².